The van der Waals surface area contributed by atoms with Gasteiger partial charge in [-0.05, 0) is 61.1 Å². The van der Waals surface area contributed by atoms with Crippen molar-refractivity contribution in [3.05, 3.63) is 86.3 Å². The van der Waals surface area contributed by atoms with Crippen molar-refractivity contribution in [2.75, 3.05) is 5.32 Å². The second-order valence-electron chi connectivity index (χ2n) is 7.60. The van der Waals surface area contributed by atoms with E-state index in [1.165, 1.54) is 17.4 Å². The Hall–Kier alpha value is -3.58. The molecule has 0 spiro atoms. The van der Waals surface area contributed by atoms with Crippen LogP contribution in [0.1, 0.15) is 40.0 Å². The number of fused-ring (bicyclic) bond motifs is 1. The molecule has 0 bridgehead atoms. The van der Waals surface area contributed by atoms with Gasteiger partial charge in [0.1, 0.15) is 35.1 Å². The van der Waals surface area contributed by atoms with E-state index in [4.69, 9.17) is 16.3 Å². The molecule has 0 atom stereocenters. The first-order valence-electron chi connectivity index (χ1n) is 10.5. The fraction of sp³-hybridized carbons (Fsp3) is 0.192. The Bertz CT molecular complexity index is 1300. The van der Waals surface area contributed by atoms with Crippen LogP contribution >= 0.6 is 22.9 Å². The number of thiophene rings is 1. The van der Waals surface area contributed by atoms with Gasteiger partial charge in [-0.15, -0.1) is 11.3 Å². The Labute approximate surface area is 201 Å². The molecule has 0 saturated carbocycles. The van der Waals surface area contributed by atoms with Crippen LogP contribution in [0.15, 0.2) is 54.1 Å². The average Bonchev–Trinajstić information content (AvgIpc) is 3.19. The highest BCUT2D eigenvalue weighted by molar-refractivity contribution is 7.16. The van der Waals surface area contributed by atoms with E-state index in [-0.39, 0.29) is 5.57 Å². The second kappa shape index (κ2) is 10.4. The van der Waals surface area contributed by atoms with Gasteiger partial charge in [-0.1, -0.05) is 41.9 Å². The highest BCUT2D eigenvalue weighted by Crippen LogP contribution is 2.37. The summed E-state index contributed by atoms with van der Waals surface area (Å²) in [6.45, 7) is 0.340. The summed E-state index contributed by atoms with van der Waals surface area (Å²) in [7, 11) is 0. The molecule has 0 unspecified atom stereocenters. The molecule has 0 saturated heterocycles. The highest BCUT2D eigenvalue weighted by atomic mass is 35.5. The Kier molecular flexibility index (Phi) is 7.10. The van der Waals surface area contributed by atoms with E-state index in [0.29, 0.717) is 33.5 Å². The number of nitrogens with one attached hydrogen (secondary N) is 1. The third kappa shape index (κ3) is 5.26. The summed E-state index contributed by atoms with van der Waals surface area (Å²) in [5.74, 6) is 0.129. The molecular formula is C26H20ClN3O2S. The van der Waals surface area contributed by atoms with E-state index >= 15 is 0 Å². The standard InChI is InChI=1S/C26H20ClN3O2S/c27-23-7-3-1-5-18(23)16-32-20-11-9-17(10-12-20)13-19(14-28)25(31)30-26-22(15-29)21-6-2-4-8-24(21)33-26/h1,3,5,7,9-13H,2,4,6,8,16H2,(H,30,31)/b19-13+. The summed E-state index contributed by atoms with van der Waals surface area (Å²) in [4.78, 5) is 13.9. The topological polar surface area (TPSA) is 85.9 Å². The number of nitrogens with zero attached hydrogens (tertiary/aromatic N) is 2. The fourth-order valence-corrected chi connectivity index (χ4v) is 5.12. The fourth-order valence-electron chi connectivity index (χ4n) is 3.69. The van der Waals surface area contributed by atoms with E-state index in [9.17, 15) is 15.3 Å². The number of halogens is 1. The molecule has 0 radical (unpaired) electrons. The minimum Gasteiger partial charge on any atom is -0.489 e. The van der Waals surface area contributed by atoms with E-state index < -0.39 is 5.91 Å². The maximum Gasteiger partial charge on any atom is 0.266 e. The van der Waals surface area contributed by atoms with Crippen molar-refractivity contribution in [2.45, 2.75) is 32.3 Å². The number of hydrogen-bond acceptors (Lipinski definition) is 5. The summed E-state index contributed by atoms with van der Waals surface area (Å²) in [5, 5.41) is 23.1. The number of ether oxygens (including phenoxy) is 1. The zero-order valence-electron chi connectivity index (χ0n) is 17.7. The molecule has 1 amide bonds. The van der Waals surface area contributed by atoms with Crippen LogP contribution < -0.4 is 10.1 Å². The van der Waals surface area contributed by atoms with Crippen molar-refractivity contribution in [1.82, 2.24) is 0 Å². The van der Waals surface area contributed by atoms with Crippen molar-refractivity contribution < 1.29 is 9.53 Å². The summed E-state index contributed by atoms with van der Waals surface area (Å²) in [6.07, 6.45) is 5.44. The lowest BCUT2D eigenvalue weighted by Crippen LogP contribution is -2.13. The van der Waals surface area contributed by atoms with E-state index in [1.807, 2.05) is 30.3 Å². The van der Waals surface area contributed by atoms with Crippen LogP contribution in [0.4, 0.5) is 5.00 Å². The number of benzene rings is 2. The van der Waals surface area contributed by atoms with Crippen molar-refractivity contribution in [3.63, 3.8) is 0 Å². The molecule has 1 aliphatic rings. The number of rotatable bonds is 6. The van der Waals surface area contributed by atoms with Gasteiger partial charge in [0, 0.05) is 15.5 Å². The predicted molar refractivity (Wildman–Crippen MR) is 130 cm³/mol. The van der Waals surface area contributed by atoms with Gasteiger partial charge in [0.2, 0.25) is 0 Å². The SMILES string of the molecule is N#C/C(=C\c1ccc(OCc2ccccc2Cl)cc1)C(=O)Nc1sc2c(c1C#N)CCCC2. The van der Waals surface area contributed by atoms with Gasteiger partial charge in [-0.3, -0.25) is 4.79 Å². The van der Waals surface area contributed by atoms with Gasteiger partial charge in [-0.2, -0.15) is 10.5 Å². The molecule has 7 heteroatoms. The van der Waals surface area contributed by atoms with Crippen molar-refractivity contribution in [1.29, 1.82) is 10.5 Å². The highest BCUT2D eigenvalue weighted by Gasteiger charge is 2.22. The minimum absolute atomic E-state index is 0.0324. The number of amides is 1. The molecule has 33 heavy (non-hydrogen) atoms. The lowest BCUT2D eigenvalue weighted by molar-refractivity contribution is -0.112. The number of anilines is 1. The third-order valence-corrected chi connectivity index (χ3v) is 6.99. The minimum atomic E-state index is -0.522. The third-order valence-electron chi connectivity index (χ3n) is 5.42. The van der Waals surface area contributed by atoms with Gasteiger partial charge < -0.3 is 10.1 Å². The van der Waals surface area contributed by atoms with Crippen molar-refractivity contribution in [2.24, 2.45) is 0 Å². The maximum atomic E-state index is 12.7. The molecule has 0 fully saturated rings. The molecule has 5 nitrogen and oxygen atoms in total. The average molecular weight is 474 g/mol. The van der Waals surface area contributed by atoms with E-state index in [0.717, 1.165) is 41.7 Å². The van der Waals surface area contributed by atoms with Gasteiger partial charge >= 0.3 is 0 Å². The Balaban J connectivity index is 1.45. The quantitative estimate of drug-likeness (QED) is 0.337. The molecule has 1 aliphatic carbocycles. The molecule has 164 valence electrons. The van der Waals surface area contributed by atoms with Crippen LogP contribution in [0.3, 0.4) is 0 Å². The monoisotopic (exact) mass is 473 g/mol. The first-order valence-corrected chi connectivity index (χ1v) is 11.7. The zero-order valence-corrected chi connectivity index (χ0v) is 19.3. The first-order chi connectivity index (χ1) is 16.1. The molecule has 1 aromatic heterocycles. The van der Waals surface area contributed by atoms with Gasteiger partial charge in [0.25, 0.3) is 5.91 Å². The molecule has 0 aliphatic heterocycles. The number of carbonyl (C=O) groups is 1. The second-order valence-corrected chi connectivity index (χ2v) is 9.11. The maximum absolute atomic E-state index is 12.7. The number of hydrogen-bond donors (Lipinski definition) is 1. The predicted octanol–water partition coefficient (Wildman–Crippen LogP) is 6.28. The molecule has 1 N–H and O–H groups in total. The molecule has 2 aromatic carbocycles. The number of aryl methyl sites for hydroxylation is 1. The van der Waals surface area contributed by atoms with Gasteiger partial charge in [0.05, 0.1) is 5.56 Å². The summed E-state index contributed by atoms with van der Waals surface area (Å²) < 4.78 is 5.77. The largest absolute Gasteiger partial charge is 0.489 e. The lowest BCUT2D eigenvalue weighted by Gasteiger charge is -2.09. The lowest BCUT2D eigenvalue weighted by atomic mass is 9.96. The normalized spacial score (nSPS) is 12.9. The van der Waals surface area contributed by atoms with Crippen LogP contribution in [-0.4, -0.2) is 5.91 Å². The molecule has 3 aromatic rings. The van der Waals surface area contributed by atoms with Crippen LogP contribution in [0.5, 0.6) is 5.75 Å². The molecule has 4 rings (SSSR count). The van der Waals surface area contributed by atoms with E-state index in [2.05, 4.69) is 11.4 Å². The van der Waals surface area contributed by atoms with Gasteiger partial charge in [0.15, 0.2) is 0 Å². The van der Waals surface area contributed by atoms with E-state index in [1.54, 1.807) is 24.3 Å². The Morgan fingerprint density at radius 2 is 1.88 bits per heavy atom. The van der Waals surface area contributed by atoms with Crippen LogP contribution in [-0.2, 0) is 24.2 Å². The summed E-state index contributed by atoms with van der Waals surface area (Å²) >= 11 is 7.59. The summed E-state index contributed by atoms with van der Waals surface area (Å²) in [5.41, 5.74) is 3.12. The van der Waals surface area contributed by atoms with Crippen molar-refractivity contribution in [3.8, 4) is 17.9 Å². The van der Waals surface area contributed by atoms with Crippen LogP contribution in [0.25, 0.3) is 6.08 Å². The van der Waals surface area contributed by atoms with Crippen LogP contribution in [0, 0.1) is 22.7 Å². The Morgan fingerprint density at radius 1 is 1.12 bits per heavy atom. The molecule has 1 heterocycles. The summed E-state index contributed by atoms with van der Waals surface area (Å²) in [6, 6.07) is 18.8. The number of nitriles is 2. The van der Waals surface area contributed by atoms with Gasteiger partial charge in [-0.25, -0.2) is 0 Å². The first kappa shape index (κ1) is 22.6. The van der Waals surface area contributed by atoms with Crippen molar-refractivity contribution >= 4 is 39.9 Å². The number of carbonyl (C=O) groups excluding carboxylic acids is 1. The Morgan fingerprint density at radius 3 is 2.61 bits per heavy atom. The zero-order chi connectivity index (χ0) is 23.2. The smallest absolute Gasteiger partial charge is 0.266 e. The van der Waals surface area contributed by atoms with Crippen LogP contribution in [0.2, 0.25) is 5.02 Å². The molecular weight excluding hydrogens is 454 g/mol.